The zero-order chi connectivity index (χ0) is 28.9. The van der Waals surface area contributed by atoms with Crippen LogP contribution >= 0.6 is 0 Å². The number of aryl methyl sites for hydroxylation is 1. The molecule has 0 spiro atoms. The third kappa shape index (κ3) is 3.14. The van der Waals surface area contributed by atoms with Gasteiger partial charge >= 0.3 is 0 Å². The van der Waals surface area contributed by atoms with E-state index in [0.717, 1.165) is 28.0 Å². The Bertz CT molecular complexity index is 2770. The maximum Gasteiger partial charge on any atom is 0.159 e. The molecule has 0 aliphatic rings. The molecule has 0 aliphatic heterocycles. The second kappa shape index (κ2) is 8.59. The van der Waals surface area contributed by atoms with Crippen LogP contribution in [0.4, 0.5) is 0 Å². The van der Waals surface area contributed by atoms with Crippen LogP contribution in [-0.4, -0.2) is 19.5 Å². The monoisotopic (exact) mass is 560 g/mol. The molecule has 0 saturated heterocycles. The SMILES string of the molecule is Cn1c(-c2cnc(-c3cc4ccc5cccc6c7cccc8ccc9cccc(c(c3)c4c56)c9c87)nc2)nc2ccccc21. The molecule has 8 aromatic carbocycles. The van der Waals surface area contributed by atoms with Gasteiger partial charge in [0.2, 0.25) is 0 Å². The Hall–Kier alpha value is -5.87. The zero-order valence-corrected chi connectivity index (χ0v) is 23.9. The lowest BCUT2D eigenvalue weighted by Gasteiger charge is -2.16. The maximum atomic E-state index is 4.90. The highest BCUT2D eigenvalue weighted by molar-refractivity contribution is 6.37. The van der Waals surface area contributed by atoms with Crippen LogP contribution in [0.3, 0.4) is 0 Å². The van der Waals surface area contributed by atoms with Crippen molar-refractivity contribution >= 4 is 75.7 Å². The normalized spacial score (nSPS) is 12.2. The topological polar surface area (TPSA) is 43.6 Å². The standard InChI is InChI=1S/C40H24N4/c1-44-34-14-3-2-13-33(34)43-40(44)28-21-41-39(42-22-28)27-19-26-18-17-25-8-5-11-30-29-10-4-7-23-15-16-24-9-6-12-31(37(24)35(23)29)32(20-27)38(26)36(25)30/h2-22H,1H3. The van der Waals surface area contributed by atoms with Gasteiger partial charge in [-0.3, -0.25) is 0 Å². The third-order valence-electron chi connectivity index (χ3n) is 9.38. The number of para-hydroxylation sites is 2. The minimum Gasteiger partial charge on any atom is -0.327 e. The molecule has 0 N–H and O–H groups in total. The van der Waals surface area contributed by atoms with E-state index in [1.807, 2.05) is 37.6 Å². The minimum absolute atomic E-state index is 0.701. The zero-order valence-electron chi connectivity index (χ0n) is 23.9. The first kappa shape index (κ1) is 23.7. The molecule has 0 bridgehead atoms. The van der Waals surface area contributed by atoms with Crippen LogP contribution in [0.1, 0.15) is 0 Å². The van der Waals surface area contributed by atoms with Gasteiger partial charge in [-0.2, -0.15) is 0 Å². The van der Waals surface area contributed by atoms with Gasteiger partial charge in [-0.1, -0.05) is 91.0 Å². The van der Waals surface area contributed by atoms with Gasteiger partial charge in [0.25, 0.3) is 0 Å². The lowest BCUT2D eigenvalue weighted by Crippen LogP contribution is -1.96. The summed E-state index contributed by atoms with van der Waals surface area (Å²) in [5.41, 5.74) is 3.95. The quantitative estimate of drug-likeness (QED) is 0.198. The number of hydrogen-bond donors (Lipinski definition) is 0. The summed E-state index contributed by atoms with van der Waals surface area (Å²) in [4.78, 5) is 14.6. The first-order chi connectivity index (χ1) is 21.7. The molecule has 44 heavy (non-hydrogen) atoms. The van der Waals surface area contributed by atoms with Crippen LogP contribution < -0.4 is 0 Å². The summed E-state index contributed by atoms with van der Waals surface area (Å²) in [7, 11) is 2.04. The van der Waals surface area contributed by atoms with Gasteiger partial charge in [0.15, 0.2) is 5.82 Å². The summed E-state index contributed by atoms with van der Waals surface area (Å²) >= 11 is 0. The van der Waals surface area contributed by atoms with Crippen molar-refractivity contribution in [3.63, 3.8) is 0 Å². The second-order valence-electron chi connectivity index (χ2n) is 11.7. The first-order valence-corrected chi connectivity index (χ1v) is 14.9. The van der Waals surface area contributed by atoms with Crippen molar-refractivity contribution in [3.8, 4) is 22.8 Å². The molecule has 10 rings (SSSR count). The number of benzene rings is 7. The fourth-order valence-corrected chi connectivity index (χ4v) is 7.41. The van der Waals surface area contributed by atoms with E-state index in [0.29, 0.717) is 5.82 Å². The molecule has 10 aromatic rings. The summed E-state index contributed by atoms with van der Waals surface area (Å²) in [6, 6.07) is 41.8. The van der Waals surface area contributed by atoms with Crippen molar-refractivity contribution < 1.29 is 0 Å². The molecule has 2 aromatic heterocycles. The fourth-order valence-electron chi connectivity index (χ4n) is 7.41. The molecule has 2 heterocycles. The van der Waals surface area contributed by atoms with Crippen LogP contribution in [0, 0.1) is 0 Å². The van der Waals surface area contributed by atoms with Gasteiger partial charge in [0.05, 0.1) is 16.6 Å². The predicted octanol–water partition coefficient (Wildman–Crippen LogP) is 10.1. The van der Waals surface area contributed by atoms with Crippen LogP contribution in [0.15, 0.2) is 128 Å². The summed E-state index contributed by atoms with van der Waals surface area (Å²) in [5, 5.41) is 15.1. The van der Waals surface area contributed by atoms with Gasteiger partial charge in [-0.25, -0.2) is 15.0 Å². The Balaban J connectivity index is 1.30. The molecule has 0 fully saturated rings. The maximum absolute atomic E-state index is 4.90. The Morgan fingerprint density at radius 1 is 0.477 bits per heavy atom. The number of nitrogens with zero attached hydrogens (tertiary/aromatic N) is 4. The molecular formula is C40H24N4. The van der Waals surface area contributed by atoms with Crippen molar-refractivity contribution in [1.82, 2.24) is 19.5 Å². The van der Waals surface area contributed by atoms with E-state index >= 15 is 0 Å². The number of aromatic nitrogens is 4. The van der Waals surface area contributed by atoms with Crippen molar-refractivity contribution in [2.45, 2.75) is 0 Å². The molecule has 4 nitrogen and oxygen atoms in total. The molecule has 4 heteroatoms. The molecule has 0 radical (unpaired) electrons. The average molecular weight is 561 g/mol. The van der Waals surface area contributed by atoms with Crippen molar-refractivity contribution in [2.75, 3.05) is 0 Å². The van der Waals surface area contributed by atoms with Crippen molar-refractivity contribution in [3.05, 3.63) is 128 Å². The van der Waals surface area contributed by atoms with Gasteiger partial charge in [-0.15, -0.1) is 0 Å². The summed E-state index contributed by atoms with van der Waals surface area (Å²) < 4.78 is 2.10. The van der Waals surface area contributed by atoms with Crippen LogP contribution in [0.25, 0.3) is 98.4 Å². The third-order valence-corrected chi connectivity index (χ3v) is 9.38. The second-order valence-corrected chi connectivity index (χ2v) is 11.7. The number of rotatable bonds is 2. The van der Waals surface area contributed by atoms with E-state index in [4.69, 9.17) is 15.0 Å². The van der Waals surface area contributed by atoms with Crippen LogP contribution in [0.2, 0.25) is 0 Å². The Morgan fingerprint density at radius 3 is 1.64 bits per heavy atom. The molecule has 0 atom stereocenters. The Labute approximate surface area is 252 Å². The van der Waals surface area contributed by atoms with Crippen molar-refractivity contribution in [2.24, 2.45) is 7.05 Å². The molecule has 0 aliphatic carbocycles. The highest BCUT2D eigenvalue weighted by Crippen LogP contribution is 2.44. The van der Waals surface area contributed by atoms with Gasteiger partial charge < -0.3 is 4.57 Å². The number of imidazole rings is 1. The highest BCUT2D eigenvalue weighted by Gasteiger charge is 2.17. The lowest BCUT2D eigenvalue weighted by atomic mass is 9.87. The summed E-state index contributed by atoms with van der Waals surface area (Å²) in [6.45, 7) is 0. The van der Waals surface area contributed by atoms with E-state index in [1.54, 1.807) is 0 Å². The van der Waals surface area contributed by atoms with E-state index in [9.17, 15) is 0 Å². The Kier molecular flexibility index (Phi) is 4.62. The number of hydrogen-bond acceptors (Lipinski definition) is 3. The minimum atomic E-state index is 0.701. The van der Waals surface area contributed by atoms with Crippen molar-refractivity contribution in [1.29, 1.82) is 0 Å². The lowest BCUT2D eigenvalue weighted by molar-refractivity contribution is 0.954. The van der Waals surface area contributed by atoms with E-state index in [1.165, 1.54) is 64.6 Å². The van der Waals surface area contributed by atoms with E-state index in [-0.39, 0.29) is 0 Å². The highest BCUT2D eigenvalue weighted by atomic mass is 15.1. The van der Waals surface area contributed by atoms with Crippen LogP contribution in [0.5, 0.6) is 0 Å². The van der Waals surface area contributed by atoms with Crippen LogP contribution in [-0.2, 0) is 7.05 Å². The first-order valence-electron chi connectivity index (χ1n) is 14.9. The summed E-state index contributed by atoms with van der Waals surface area (Å²) in [6.07, 6.45) is 3.79. The summed E-state index contributed by atoms with van der Waals surface area (Å²) in [5.74, 6) is 1.56. The smallest absolute Gasteiger partial charge is 0.159 e. The van der Waals surface area contributed by atoms with Gasteiger partial charge in [0.1, 0.15) is 5.82 Å². The molecule has 0 amide bonds. The predicted molar refractivity (Wildman–Crippen MR) is 183 cm³/mol. The Morgan fingerprint density at radius 2 is 1.02 bits per heavy atom. The molecule has 0 saturated carbocycles. The molecule has 0 unspecified atom stereocenters. The fraction of sp³-hybridized carbons (Fsp3) is 0.0250. The largest absolute Gasteiger partial charge is 0.327 e. The molecule has 204 valence electrons. The van der Waals surface area contributed by atoms with Gasteiger partial charge in [-0.05, 0) is 88.9 Å². The van der Waals surface area contributed by atoms with Gasteiger partial charge in [0, 0.05) is 25.0 Å². The number of fused-ring (bicyclic) bond motifs is 3. The van der Waals surface area contributed by atoms with E-state index < -0.39 is 0 Å². The van der Waals surface area contributed by atoms with E-state index in [2.05, 4.69) is 102 Å². The molecular weight excluding hydrogens is 536 g/mol. The average Bonchev–Trinajstić information content (AvgIpc) is 3.42.